The van der Waals surface area contributed by atoms with Crippen molar-refractivity contribution in [2.45, 2.75) is 9.79 Å². The molecular weight excluding hydrogens is 619 g/mol. The molecule has 9 aromatic rings. The van der Waals surface area contributed by atoms with E-state index in [1.165, 1.54) is 57.8 Å². The van der Waals surface area contributed by atoms with E-state index in [9.17, 15) is 0 Å². The Balaban J connectivity index is 1.20. The van der Waals surface area contributed by atoms with Crippen molar-refractivity contribution in [2.75, 3.05) is 4.90 Å². The van der Waals surface area contributed by atoms with Crippen LogP contribution in [-0.2, 0) is 0 Å². The van der Waals surface area contributed by atoms with Gasteiger partial charge >= 0.3 is 0 Å². The van der Waals surface area contributed by atoms with E-state index in [4.69, 9.17) is 9.97 Å². The number of anilines is 3. The number of fused-ring (bicyclic) bond motifs is 7. The summed E-state index contributed by atoms with van der Waals surface area (Å²) in [6.07, 6.45) is 0. The molecule has 0 saturated carbocycles. The highest BCUT2D eigenvalue weighted by Gasteiger charge is 2.28. The van der Waals surface area contributed by atoms with Crippen LogP contribution in [0, 0.1) is 0 Å². The first-order valence-corrected chi connectivity index (χ1v) is 17.6. The van der Waals surface area contributed by atoms with Gasteiger partial charge in [-0.1, -0.05) is 84.6 Å². The molecule has 0 radical (unpaired) electrons. The fraction of sp³-hybridized carbons (Fsp3) is 0. The molecule has 0 amide bonds. The predicted octanol–water partition coefficient (Wildman–Crippen LogP) is 12.5. The average Bonchev–Trinajstić information content (AvgIpc) is 3.75. The summed E-state index contributed by atoms with van der Waals surface area (Å²) in [5.74, 6) is 0. The summed E-state index contributed by atoms with van der Waals surface area (Å²) in [6.45, 7) is 0. The highest BCUT2D eigenvalue weighted by molar-refractivity contribution is 7.99. The maximum atomic E-state index is 4.99. The minimum atomic E-state index is 1.04. The van der Waals surface area contributed by atoms with Crippen LogP contribution in [-0.4, -0.2) is 9.97 Å². The smallest absolute Gasteiger partial charge is 0.124 e. The van der Waals surface area contributed by atoms with Crippen molar-refractivity contribution in [3.05, 3.63) is 140 Å². The first-order chi connectivity index (χ1) is 22.8. The van der Waals surface area contributed by atoms with Crippen molar-refractivity contribution in [3.8, 4) is 21.1 Å². The lowest BCUT2D eigenvalue weighted by atomic mass is 9.98. The SMILES string of the molecule is c1ccc2c(c1)cc(N1c3ccc(-c4nc5ccccc5s4)cc3Sc3cc(-c4nc5ccccc5s4)ccc31)c1ccccc12. The normalized spacial score (nSPS) is 12.7. The van der Waals surface area contributed by atoms with Crippen molar-refractivity contribution in [1.82, 2.24) is 9.97 Å². The summed E-state index contributed by atoms with van der Waals surface area (Å²) < 4.78 is 2.41. The highest BCUT2D eigenvalue weighted by Crippen LogP contribution is 2.55. The zero-order valence-electron chi connectivity index (χ0n) is 24.3. The number of benzene rings is 7. The van der Waals surface area contributed by atoms with Gasteiger partial charge in [0.2, 0.25) is 0 Å². The molecular formula is C40H23N3S3. The second-order valence-electron chi connectivity index (χ2n) is 11.4. The number of hydrogen-bond acceptors (Lipinski definition) is 6. The van der Waals surface area contributed by atoms with Gasteiger partial charge in [0.25, 0.3) is 0 Å². The molecule has 46 heavy (non-hydrogen) atoms. The molecule has 0 fully saturated rings. The molecule has 216 valence electrons. The number of aromatic nitrogens is 2. The van der Waals surface area contributed by atoms with E-state index in [1.54, 1.807) is 22.7 Å². The van der Waals surface area contributed by atoms with Crippen LogP contribution in [0.5, 0.6) is 0 Å². The predicted molar refractivity (Wildman–Crippen MR) is 197 cm³/mol. The van der Waals surface area contributed by atoms with Gasteiger partial charge in [-0.2, -0.15) is 0 Å². The molecule has 7 aromatic carbocycles. The van der Waals surface area contributed by atoms with E-state index in [0.717, 1.165) is 32.2 Å². The Kier molecular flexibility index (Phi) is 5.85. The molecule has 0 bridgehead atoms. The molecule has 0 atom stereocenters. The van der Waals surface area contributed by atoms with Crippen LogP contribution in [0.15, 0.2) is 149 Å². The Morgan fingerprint density at radius 3 is 1.57 bits per heavy atom. The molecule has 0 spiro atoms. The average molecular weight is 642 g/mol. The molecule has 1 aliphatic heterocycles. The van der Waals surface area contributed by atoms with E-state index in [-0.39, 0.29) is 0 Å². The molecule has 0 saturated heterocycles. The summed E-state index contributed by atoms with van der Waals surface area (Å²) in [7, 11) is 0. The molecule has 0 unspecified atom stereocenters. The first-order valence-electron chi connectivity index (χ1n) is 15.2. The number of para-hydroxylation sites is 2. The number of rotatable bonds is 3. The van der Waals surface area contributed by atoms with Crippen molar-refractivity contribution in [3.63, 3.8) is 0 Å². The van der Waals surface area contributed by atoms with Gasteiger partial charge in [-0.05, 0) is 82.9 Å². The van der Waals surface area contributed by atoms with Gasteiger partial charge in [0.1, 0.15) is 10.0 Å². The first kappa shape index (κ1) is 26.2. The standard InChI is InChI=1S/C40H23N3S3/c1-2-10-27-24(9-1)21-34(29-12-4-3-11-28(27)29)43-32-19-17-25(39-41-30-13-5-7-15-35(30)45-39)22-37(32)44-38-23-26(18-20-33(38)43)40-42-31-14-6-8-16-36(31)46-40/h1-23H. The monoisotopic (exact) mass is 641 g/mol. The van der Waals surface area contributed by atoms with Gasteiger partial charge in [-0.15, -0.1) is 22.7 Å². The van der Waals surface area contributed by atoms with Crippen LogP contribution in [0.3, 0.4) is 0 Å². The Morgan fingerprint density at radius 1 is 0.435 bits per heavy atom. The largest absolute Gasteiger partial charge is 0.308 e. The lowest BCUT2D eigenvalue weighted by Crippen LogP contribution is -2.15. The molecule has 0 aliphatic carbocycles. The quantitative estimate of drug-likeness (QED) is 0.180. The Bertz CT molecular complexity index is 2460. The third-order valence-corrected chi connectivity index (χ3v) is 12.0. The number of nitrogens with zero attached hydrogens (tertiary/aromatic N) is 3. The molecule has 6 heteroatoms. The molecule has 3 heterocycles. The zero-order chi connectivity index (χ0) is 30.2. The molecule has 3 nitrogen and oxygen atoms in total. The minimum absolute atomic E-state index is 1.04. The Hall–Kier alpha value is -5.01. The van der Waals surface area contributed by atoms with Crippen LogP contribution in [0.1, 0.15) is 0 Å². The van der Waals surface area contributed by atoms with E-state index >= 15 is 0 Å². The minimum Gasteiger partial charge on any atom is -0.308 e. The Morgan fingerprint density at radius 2 is 0.957 bits per heavy atom. The Labute approximate surface area is 277 Å². The van der Waals surface area contributed by atoms with Crippen LogP contribution in [0.25, 0.3) is 63.1 Å². The maximum absolute atomic E-state index is 4.99. The second-order valence-corrected chi connectivity index (χ2v) is 14.6. The van der Waals surface area contributed by atoms with E-state index in [0.29, 0.717) is 0 Å². The highest BCUT2D eigenvalue weighted by atomic mass is 32.2. The fourth-order valence-electron chi connectivity index (χ4n) is 6.55. The summed E-state index contributed by atoms with van der Waals surface area (Å²) in [6, 6.07) is 50.2. The summed E-state index contributed by atoms with van der Waals surface area (Å²) in [4.78, 5) is 14.9. The van der Waals surface area contributed by atoms with Gasteiger partial charge < -0.3 is 4.90 Å². The van der Waals surface area contributed by atoms with Gasteiger partial charge in [0, 0.05) is 26.3 Å². The van der Waals surface area contributed by atoms with Crippen LogP contribution >= 0.6 is 34.4 Å². The number of thiazole rings is 2. The van der Waals surface area contributed by atoms with E-state index in [1.807, 2.05) is 11.8 Å². The van der Waals surface area contributed by atoms with Gasteiger partial charge in [0.15, 0.2) is 0 Å². The van der Waals surface area contributed by atoms with Gasteiger partial charge in [0.05, 0.1) is 37.5 Å². The van der Waals surface area contributed by atoms with Crippen molar-refractivity contribution >= 4 is 93.5 Å². The van der Waals surface area contributed by atoms with Crippen LogP contribution < -0.4 is 4.90 Å². The summed E-state index contributed by atoms with van der Waals surface area (Å²) in [5.41, 5.74) is 7.90. The topological polar surface area (TPSA) is 29.0 Å². The van der Waals surface area contributed by atoms with Crippen LogP contribution in [0.4, 0.5) is 17.1 Å². The van der Waals surface area contributed by atoms with Gasteiger partial charge in [-0.3, -0.25) is 0 Å². The molecule has 1 aliphatic rings. The van der Waals surface area contributed by atoms with E-state index < -0.39 is 0 Å². The number of hydrogen-bond donors (Lipinski definition) is 0. The molecule has 0 N–H and O–H groups in total. The van der Waals surface area contributed by atoms with Crippen molar-refractivity contribution in [2.24, 2.45) is 0 Å². The van der Waals surface area contributed by atoms with E-state index in [2.05, 4.69) is 144 Å². The third-order valence-electron chi connectivity index (χ3n) is 8.69. The molecule has 2 aromatic heterocycles. The second kappa shape index (κ2) is 10.3. The fourth-order valence-corrected chi connectivity index (χ4v) is 9.61. The third kappa shape index (κ3) is 4.11. The summed E-state index contributed by atoms with van der Waals surface area (Å²) in [5, 5.41) is 7.08. The lowest BCUT2D eigenvalue weighted by Gasteiger charge is -2.34. The summed E-state index contributed by atoms with van der Waals surface area (Å²) >= 11 is 5.33. The molecule has 10 rings (SSSR count). The lowest BCUT2D eigenvalue weighted by molar-refractivity contribution is 1.17. The van der Waals surface area contributed by atoms with Gasteiger partial charge in [-0.25, -0.2) is 9.97 Å². The van der Waals surface area contributed by atoms with Crippen molar-refractivity contribution in [1.29, 1.82) is 0 Å². The zero-order valence-corrected chi connectivity index (χ0v) is 26.8. The van der Waals surface area contributed by atoms with Crippen LogP contribution in [0.2, 0.25) is 0 Å². The van der Waals surface area contributed by atoms with Crippen molar-refractivity contribution < 1.29 is 0 Å². The maximum Gasteiger partial charge on any atom is 0.124 e.